The van der Waals surface area contributed by atoms with Gasteiger partial charge < -0.3 is 10.6 Å². The number of carbonyl (C=O) groups is 1. The van der Waals surface area contributed by atoms with E-state index >= 15 is 0 Å². The van der Waals surface area contributed by atoms with Crippen molar-refractivity contribution in [1.29, 1.82) is 0 Å². The maximum absolute atomic E-state index is 12.6. The second-order valence-electron chi connectivity index (χ2n) is 4.50. The van der Waals surface area contributed by atoms with Gasteiger partial charge in [0.05, 0.1) is 5.56 Å². The van der Waals surface area contributed by atoms with Crippen molar-refractivity contribution in [2.75, 3.05) is 18.4 Å². The van der Waals surface area contributed by atoms with E-state index in [1.54, 1.807) is 0 Å². The number of carbonyl (C=O) groups excluding carboxylic acids is 1. The summed E-state index contributed by atoms with van der Waals surface area (Å²) < 4.78 is 38.1. The molecule has 0 saturated carbocycles. The van der Waals surface area contributed by atoms with Crippen molar-refractivity contribution in [3.8, 4) is 0 Å². The van der Waals surface area contributed by atoms with Gasteiger partial charge in [-0.3, -0.25) is 4.79 Å². The van der Waals surface area contributed by atoms with Crippen LogP contribution in [0.3, 0.4) is 0 Å². The first-order valence-electron chi connectivity index (χ1n) is 5.73. The molecule has 0 bridgehead atoms. The zero-order valence-corrected chi connectivity index (χ0v) is 11.4. The lowest BCUT2D eigenvalue weighted by Crippen LogP contribution is -2.43. The van der Waals surface area contributed by atoms with E-state index in [1.165, 1.54) is 6.07 Å². The number of benzene rings is 1. The van der Waals surface area contributed by atoms with Crippen molar-refractivity contribution >= 4 is 27.5 Å². The minimum Gasteiger partial charge on any atom is -0.326 e. The molecule has 0 spiro atoms. The van der Waals surface area contributed by atoms with Gasteiger partial charge in [0.2, 0.25) is 5.91 Å². The fourth-order valence-corrected chi connectivity index (χ4v) is 2.29. The van der Waals surface area contributed by atoms with Gasteiger partial charge in [0, 0.05) is 16.6 Å². The van der Waals surface area contributed by atoms with Crippen molar-refractivity contribution in [2.45, 2.75) is 12.6 Å². The molecule has 1 aromatic carbocycles. The number of rotatable bonds is 3. The van der Waals surface area contributed by atoms with Crippen molar-refractivity contribution < 1.29 is 18.0 Å². The Balaban J connectivity index is 2.06. The standard InChI is InChI=1S/C12H12BrF3N2O/c13-9-2-8(12(14,15)16)3-10(4-9)18-11(19)1-7-5-17-6-7/h2-4,7,17H,1,5-6H2,(H,18,19). The Morgan fingerprint density at radius 3 is 2.58 bits per heavy atom. The fraction of sp³-hybridized carbons (Fsp3) is 0.417. The van der Waals surface area contributed by atoms with Gasteiger partial charge in [0.25, 0.3) is 0 Å². The number of halogens is 4. The molecule has 0 radical (unpaired) electrons. The predicted octanol–water partition coefficient (Wildman–Crippen LogP) is 3.02. The van der Waals surface area contributed by atoms with Gasteiger partial charge in [-0.05, 0) is 37.2 Å². The predicted molar refractivity (Wildman–Crippen MR) is 68.8 cm³/mol. The van der Waals surface area contributed by atoms with Crippen molar-refractivity contribution in [3.05, 3.63) is 28.2 Å². The monoisotopic (exact) mass is 336 g/mol. The molecule has 1 amide bonds. The third-order valence-corrected chi connectivity index (χ3v) is 3.31. The normalized spacial score (nSPS) is 16.0. The van der Waals surface area contributed by atoms with E-state index < -0.39 is 11.7 Å². The average molecular weight is 337 g/mol. The molecule has 1 aliphatic rings. The molecule has 19 heavy (non-hydrogen) atoms. The Morgan fingerprint density at radius 1 is 1.37 bits per heavy atom. The van der Waals surface area contributed by atoms with E-state index in [1.807, 2.05) is 0 Å². The zero-order valence-electron chi connectivity index (χ0n) is 9.85. The van der Waals surface area contributed by atoms with Gasteiger partial charge >= 0.3 is 6.18 Å². The quantitative estimate of drug-likeness (QED) is 0.890. The van der Waals surface area contributed by atoms with Gasteiger partial charge in [-0.2, -0.15) is 13.2 Å². The molecule has 1 heterocycles. The number of nitrogens with one attached hydrogen (secondary N) is 2. The third kappa shape index (κ3) is 3.94. The summed E-state index contributed by atoms with van der Waals surface area (Å²) in [5, 5.41) is 5.53. The molecule has 0 aliphatic carbocycles. The summed E-state index contributed by atoms with van der Waals surface area (Å²) >= 11 is 3.01. The van der Waals surface area contributed by atoms with E-state index in [9.17, 15) is 18.0 Å². The third-order valence-electron chi connectivity index (χ3n) is 2.85. The summed E-state index contributed by atoms with van der Waals surface area (Å²) in [5.41, 5.74) is -0.638. The zero-order chi connectivity index (χ0) is 14.0. The smallest absolute Gasteiger partial charge is 0.326 e. The molecule has 7 heteroatoms. The minimum atomic E-state index is -4.43. The van der Waals surface area contributed by atoms with Crippen LogP contribution in [0.5, 0.6) is 0 Å². The maximum atomic E-state index is 12.6. The van der Waals surface area contributed by atoms with Gasteiger partial charge in [0.15, 0.2) is 0 Å². The Morgan fingerprint density at radius 2 is 2.05 bits per heavy atom. The molecule has 0 atom stereocenters. The fourth-order valence-electron chi connectivity index (χ4n) is 1.79. The van der Waals surface area contributed by atoms with Crippen LogP contribution in [0.2, 0.25) is 0 Å². The molecule has 0 unspecified atom stereocenters. The second kappa shape index (κ2) is 5.50. The number of amides is 1. The van der Waals surface area contributed by atoms with Crippen LogP contribution in [0.1, 0.15) is 12.0 Å². The highest BCUT2D eigenvalue weighted by Crippen LogP contribution is 2.33. The number of hydrogen-bond donors (Lipinski definition) is 2. The lowest BCUT2D eigenvalue weighted by molar-refractivity contribution is -0.137. The van der Waals surface area contributed by atoms with Crippen LogP contribution >= 0.6 is 15.9 Å². The SMILES string of the molecule is O=C(CC1CNC1)Nc1cc(Br)cc(C(F)(F)F)c1. The molecule has 1 aromatic rings. The lowest BCUT2D eigenvalue weighted by Gasteiger charge is -2.26. The van der Waals surface area contributed by atoms with Crippen LogP contribution in [0, 0.1) is 5.92 Å². The summed E-state index contributed by atoms with van der Waals surface area (Å²) in [5.74, 6) is 0.00645. The Kier molecular flexibility index (Phi) is 4.15. The van der Waals surface area contributed by atoms with Crippen molar-refractivity contribution in [3.63, 3.8) is 0 Å². The van der Waals surface area contributed by atoms with Crippen molar-refractivity contribution in [1.82, 2.24) is 5.32 Å². The molecule has 0 aromatic heterocycles. The molecule has 104 valence electrons. The van der Waals surface area contributed by atoms with Crippen LogP contribution in [-0.4, -0.2) is 19.0 Å². The van der Waals surface area contributed by atoms with Crippen LogP contribution in [0.4, 0.5) is 18.9 Å². The molecule has 1 saturated heterocycles. The first-order valence-corrected chi connectivity index (χ1v) is 6.52. The van der Waals surface area contributed by atoms with E-state index in [4.69, 9.17) is 0 Å². The Labute approximate surface area is 116 Å². The Hall–Kier alpha value is -1.08. The van der Waals surface area contributed by atoms with Gasteiger partial charge in [-0.15, -0.1) is 0 Å². The second-order valence-corrected chi connectivity index (χ2v) is 5.42. The highest BCUT2D eigenvalue weighted by Gasteiger charge is 2.31. The maximum Gasteiger partial charge on any atom is 0.416 e. The van der Waals surface area contributed by atoms with Gasteiger partial charge in [-0.1, -0.05) is 15.9 Å². The highest BCUT2D eigenvalue weighted by atomic mass is 79.9. The first kappa shape index (κ1) is 14.3. The molecule has 2 rings (SSSR count). The summed E-state index contributed by atoms with van der Waals surface area (Å²) in [6.45, 7) is 1.55. The first-order chi connectivity index (χ1) is 8.84. The largest absolute Gasteiger partial charge is 0.416 e. The molecule has 1 fully saturated rings. The molecule has 2 N–H and O–H groups in total. The summed E-state index contributed by atoms with van der Waals surface area (Å²) in [6, 6.07) is 3.36. The Bertz CT molecular complexity index is 486. The van der Waals surface area contributed by atoms with Crippen LogP contribution in [0.25, 0.3) is 0 Å². The lowest BCUT2D eigenvalue weighted by atomic mass is 9.99. The number of alkyl halides is 3. The van der Waals surface area contributed by atoms with E-state index in [2.05, 4.69) is 26.6 Å². The summed E-state index contributed by atoms with van der Waals surface area (Å²) in [7, 11) is 0. The number of hydrogen-bond acceptors (Lipinski definition) is 2. The highest BCUT2D eigenvalue weighted by molar-refractivity contribution is 9.10. The summed E-state index contributed by atoms with van der Waals surface area (Å²) in [6.07, 6.45) is -4.11. The van der Waals surface area contributed by atoms with E-state index in [0.717, 1.165) is 25.2 Å². The van der Waals surface area contributed by atoms with Crippen LogP contribution in [-0.2, 0) is 11.0 Å². The molecular weight excluding hydrogens is 325 g/mol. The minimum absolute atomic E-state index is 0.152. The molecular formula is C12H12BrF3N2O. The van der Waals surface area contributed by atoms with Gasteiger partial charge in [-0.25, -0.2) is 0 Å². The van der Waals surface area contributed by atoms with Crippen LogP contribution in [0.15, 0.2) is 22.7 Å². The molecule has 1 aliphatic heterocycles. The van der Waals surface area contributed by atoms with Crippen molar-refractivity contribution in [2.24, 2.45) is 5.92 Å². The van der Waals surface area contributed by atoms with Gasteiger partial charge in [0.1, 0.15) is 0 Å². The van der Waals surface area contributed by atoms with Crippen LogP contribution < -0.4 is 10.6 Å². The van der Waals surface area contributed by atoms with E-state index in [-0.39, 0.29) is 22.0 Å². The molecule has 3 nitrogen and oxygen atoms in total. The number of anilines is 1. The topological polar surface area (TPSA) is 41.1 Å². The van der Waals surface area contributed by atoms with E-state index in [0.29, 0.717) is 6.42 Å². The average Bonchev–Trinajstić information content (AvgIpc) is 2.21. The summed E-state index contributed by atoms with van der Waals surface area (Å²) in [4.78, 5) is 11.7.